The van der Waals surface area contributed by atoms with Crippen molar-refractivity contribution in [1.29, 1.82) is 0 Å². The quantitative estimate of drug-likeness (QED) is 0.265. The Balaban J connectivity index is 0.000000312. The molecule has 1 saturated heterocycles. The summed E-state index contributed by atoms with van der Waals surface area (Å²) in [4.78, 5) is 11.7. The third-order valence-corrected chi connectivity index (χ3v) is 10.5. The van der Waals surface area contributed by atoms with Crippen LogP contribution in [0, 0.1) is 29.6 Å². The molecule has 0 spiro atoms. The molecule has 5 nitrogen and oxygen atoms in total. The Morgan fingerprint density at radius 2 is 1.00 bits per heavy atom. The summed E-state index contributed by atoms with van der Waals surface area (Å²) in [6.45, 7) is 32.3. The molecule has 5 aliphatic rings. The van der Waals surface area contributed by atoms with Crippen molar-refractivity contribution < 1.29 is 0 Å². The lowest BCUT2D eigenvalue weighted by atomic mass is 9.97. The van der Waals surface area contributed by atoms with E-state index in [9.17, 15) is 0 Å². The van der Waals surface area contributed by atoms with E-state index in [0.29, 0.717) is 5.92 Å². The second-order valence-electron chi connectivity index (χ2n) is 17.2. The van der Waals surface area contributed by atoms with Gasteiger partial charge in [-0.25, -0.2) is 0 Å². The average molecular weight is 696 g/mol. The highest BCUT2D eigenvalue weighted by atomic mass is 15.1. The van der Waals surface area contributed by atoms with E-state index in [0.717, 1.165) is 36.8 Å². The van der Waals surface area contributed by atoms with Gasteiger partial charge in [-0.15, -0.1) is 0 Å². The van der Waals surface area contributed by atoms with Crippen LogP contribution in [0.5, 0.6) is 0 Å². The summed E-state index contributed by atoms with van der Waals surface area (Å²) < 4.78 is 0. The predicted octanol–water partition coefficient (Wildman–Crippen LogP) is 10.2. The Kier molecular flexibility index (Phi) is 23.3. The number of likely N-dealkylation sites (N-methyl/N-ethyl adjacent to an activating group) is 3. The van der Waals surface area contributed by atoms with Gasteiger partial charge in [-0.1, -0.05) is 116 Å². The minimum Gasteiger partial charge on any atom is -0.380 e. The van der Waals surface area contributed by atoms with Crippen LogP contribution >= 0.6 is 0 Å². The fraction of sp³-hybridized carbons (Fsp3) is 0.778. The maximum atomic E-state index is 2.39. The van der Waals surface area contributed by atoms with Crippen LogP contribution in [0.2, 0.25) is 0 Å². The van der Waals surface area contributed by atoms with Gasteiger partial charge in [-0.2, -0.15) is 0 Å². The maximum Gasteiger partial charge on any atom is 0.0192 e. The number of hydrogen-bond donors (Lipinski definition) is 0. The lowest BCUT2D eigenvalue weighted by Crippen LogP contribution is -2.27. The third kappa shape index (κ3) is 20.3. The van der Waals surface area contributed by atoms with Gasteiger partial charge in [0.1, 0.15) is 0 Å². The first-order valence-corrected chi connectivity index (χ1v) is 20.4. The van der Waals surface area contributed by atoms with Crippen LogP contribution in [0.4, 0.5) is 0 Å². The molecule has 290 valence electrons. The van der Waals surface area contributed by atoms with Crippen LogP contribution in [-0.4, -0.2) is 112 Å². The van der Waals surface area contributed by atoms with E-state index in [1.165, 1.54) is 89.9 Å². The third-order valence-electron chi connectivity index (χ3n) is 10.5. The van der Waals surface area contributed by atoms with Crippen molar-refractivity contribution >= 4 is 0 Å². The molecule has 0 atom stereocenters. The van der Waals surface area contributed by atoms with E-state index < -0.39 is 0 Å². The summed E-state index contributed by atoms with van der Waals surface area (Å²) in [5, 5.41) is 0. The van der Waals surface area contributed by atoms with Crippen molar-refractivity contribution in [2.75, 3.05) is 87.6 Å². The SMILES string of the molecule is CC(C)/C=C1\CCCN1C.CC(C)C1=CCCN(C)C1.CC(C)C1=CCN(C)CC1.CC(C)C1=CCN(C)CC1.CC(C)C1=CN(C)CCC1. The van der Waals surface area contributed by atoms with Gasteiger partial charge in [0.15, 0.2) is 0 Å². The highest BCUT2D eigenvalue weighted by Gasteiger charge is 2.13. The zero-order chi connectivity index (χ0) is 37.8. The van der Waals surface area contributed by atoms with E-state index in [1.807, 2.05) is 0 Å². The molecule has 0 amide bonds. The zero-order valence-corrected chi connectivity index (χ0v) is 36.1. The van der Waals surface area contributed by atoms with Crippen molar-refractivity contribution in [2.45, 2.75) is 114 Å². The second-order valence-corrected chi connectivity index (χ2v) is 17.2. The van der Waals surface area contributed by atoms with Gasteiger partial charge >= 0.3 is 0 Å². The Morgan fingerprint density at radius 1 is 0.500 bits per heavy atom. The van der Waals surface area contributed by atoms with Crippen molar-refractivity contribution in [3.63, 3.8) is 0 Å². The summed E-state index contributed by atoms with van der Waals surface area (Å²) in [7, 11) is 10.9. The Labute approximate surface area is 313 Å². The monoisotopic (exact) mass is 696 g/mol. The molecule has 0 unspecified atom stereocenters. The van der Waals surface area contributed by atoms with Gasteiger partial charge in [0.25, 0.3) is 0 Å². The molecule has 0 saturated carbocycles. The maximum absolute atomic E-state index is 2.39. The molecule has 0 radical (unpaired) electrons. The molecule has 5 aliphatic heterocycles. The number of rotatable bonds is 5. The molecule has 0 aliphatic carbocycles. The Morgan fingerprint density at radius 3 is 1.32 bits per heavy atom. The molecule has 5 heteroatoms. The Hall–Kier alpha value is -1.82. The summed E-state index contributed by atoms with van der Waals surface area (Å²) >= 11 is 0. The van der Waals surface area contributed by atoms with Crippen LogP contribution in [0.25, 0.3) is 0 Å². The molecule has 1 fully saturated rings. The van der Waals surface area contributed by atoms with E-state index >= 15 is 0 Å². The molecule has 0 aromatic carbocycles. The first kappa shape index (κ1) is 46.2. The fourth-order valence-corrected chi connectivity index (χ4v) is 6.78. The van der Waals surface area contributed by atoms with E-state index in [-0.39, 0.29) is 0 Å². The molecule has 5 rings (SSSR count). The molecule has 0 bridgehead atoms. The van der Waals surface area contributed by atoms with Gasteiger partial charge in [0, 0.05) is 72.2 Å². The molecule has 0 aromatic rings. The first-order chi connectivity index (χ1) is 23.5. The Bertz CT molecular complexity index is 1040. The van der Waals surface area contributed by atoms with Gasteiger partial charge in [-0.3, -0.25) is 0 Å². The topological polar surface area (TPSA) is 16.2 Å². The summed E-state index contributed by atoms with van der Waals surface area (Å²) in [5.74, 6) is 3.70. The molecule has 0 N–H and O–H groups in total. The van der Waals surface area contributed by atoms with Crippen molar-refractivity contribution in [3.8, 4) is 0 Å². The number of nitrogens with zero attached hydrogens (tertiary/aromatic N) is 5. The van der Waals surface area contributed by atoms with E-state index in [2.05, 4.69) is 159 Å². The zero-order valence-electron chi connectivity index (χ0n) is 36.1. The largest absolute Gasteiger partial charge is 0.380 e. The van der Waals surface area contributed by atoms with Gasteiger partial charge in [0.05, 0.1) is 0 Å². The van der Waals surface area contributed by atoms with Crippen LogP contribution in [0.3, 0.4) is 0 Å². The summed E-state index contributed by atoms with van der Waals surface area (Å²) in [5.41, 5.74) is 8.02. The number of hydrogen-bond acceptors (Lipinski definition) is 5. The fourth-order valence-electron chi connectivity index (χ4n) is 6.78. The highest BCUT2D eigenvalue weighted by Crippen LogP contribution is 2.22. The molecular formula is C45H85N5. The van der Waals surface area contributed by atoms with Crippen LogP contribution < -0.4 is 0 Å². The van der Waals surface area contributed by atoms with Crippen molar-refractivity contribution in [3.05, 3.63) is 58.5 Å². The van der Waals surface area contributed by atoms with Crippen molar-refractivity contribution in [1.82, 2.24) is 24.5 Å². The second kappa shape index (κ2) is 25.2. The van der Waals surface area contributed by atoms with Gasteiger partial charge in [-0.05, 0) is 102 Å². The molecular weight excluding hydrogens is 611 g/mol. The number of allylic oxidation sites excluding steroid dienone is 3. The standard InChI is InChI=1S/5C9H17N/c2*1-8(2)9-4-6-10(3)7-5-9;2*1-8(2)9-5-4-6-10(3)7-9;1-8(2)7-9-5-4-6-10(9)3/h2*4,8H,5-7H2,1-3H3;7-8H,4-6H2,1-3H3;5,8H,4,6-7H2,1-3H3;7-8H,4-6H2,1-3H3/b;;;;9-7+. The van der Waals surface area contributed by atoms with Crippen molar-refractivity contribution in [2.24, 2.45) is 29.6 Å². The summed E-state index contributed by atoms with van der Waals surface area (Å²) in [6, 6.07) is 0. The van der Waals surface area contributed by atoms with Gasteiger partial charge in [0.2, 0.25) is 0 Å². The minimum absolute atomic E-state index is 0.704. The first-order valence-electron chi connectivity index (χ1n) is 20.4. The molecule has 5 heterocycles. The normalized spacial score (nSPS) is 21.4. The molecule has 0 aromatic heterocycles. The minimum atomic E-state index is 0.704. The summed E-state index contributed by atoms with van der Waals surface area (Å²) in [6.07, 6.45) is 20.9. The van der Waals surface area contributed by atoms with Crippen LogP contribution in [0.1, 0.15) is 114 Å². The number of likely N-dealkylation sites (tertiary alicyclic amines) is 1. The van der Waals surface area contributed by atoms with Gasteiger partial charge < -0.3 is 24.5 Å². The van der Waals surface area contributed by atoms with Crippen LogP contribution in [0.15, 0.2) is 58.5 Å². The lowest BCUT2D eigenvalue weighted by Gasteiger charge is -2.24. The predicted molar refractivity (Wildman–Crippen MR) is 225 cm³/mol. The highest BCUT2D eigenvalue weighted by molar-refractivity contribution is 5.11. The smallest absolute Gasteiger partial charge is 0.0192 e. The van der Waals surface area contributed by atoms with E-state index in [1.54, 1.807) is 22.3 Å². The van der Waals surface area contributed by atoms with Crippen LogP contribution in [-0.2, 0) is 0 Å². The lowest BCUT2D eigenvalue weighted by molar-refractivity contribution is 0.342. The molecule has 50 heavy (non-hydrogen) atoms. The average Bonchev–Trinajstić information content (AvgIpc) is 3.46. The van der Waals surface area contributed by atoms with E-state index in [4.69, 9.17) is 0 Å².